The van der Waals surface area contributed by atoms with E-state index in [-0.39, 0.29) is 23.8 Å². The molecule has 0 aromatic rings. The van der Waals surface area contributed by atoms with Gasteiger partial charge in [-0.15, -0.1) is 0 Å². The molecule has 5 nitrogen and oxygen atoms in total. The summed E-state index contributed by atoms with van der Waals surface area (Å²) in [6.45, 7) is 8.63. The molecule has 1 fully saturated rings. The van der Waals surface area contributed by atoms with Gasteiger partial charge in [0.15, 0.2) is 0 Å². The topological polar surface area (TPSA) is 83.6 Å². The first-order valence-corrected chi connectivity index (χ1v) is 7.37. The molecular weight excluding hydrogens is 256 g/mol. The van der Waals surface area contributed by atoms with E-state index in [9.17, 15) is 14.7 Å². The van der Waals surface area contributed by atoms with Gasteiger partial charge in [-0.25, -0.2) is 4.79 Å². The number of carbonyl (C=O) groups is 2. The van der Waals surface area contributed by atoms with Gasteiger partial charge in [-0.2, -0.15) is 0 Å². The van der Waals surface area contributed by atoms with Crippen molar-refractivity contribution in [1.82, 2.24) is 4.90 Å². The lowest BCUT2D eigenvalue weighted by molar-refractivity contribution is -0.163. The average Bonchev–Trinajstić information content (AvgIpc) is 2.34. The molecule has 1 rings (SSSR count). The Morgan fingerprint density at radius 2 is 1.95 bits per heavy atom. The van der Waals surface area contributed by atoms with E-state index in [1.807, 2.05) is 0 Å². The highest BCUT2D eigenvalue weighted by molar-refractivity contribution is 5.88. The summed E-state index contributed by atoms with van der Waals surface area (Å²) in [5.74, 6) is -1.32. The van der Waals surface area contributed by atoms with E-state index >= 15 is 0 Å². The van der Waals surface area contributed by atoms with E-state index in [0.29, 0.717) is 19.4 Å². The van der Waals surface area contributed by atoms with Crippen molar-refractivity contribution in [1.29, 1.82) is 0 Å². The first kappa shape index (κ1) is 17.0. The SMILES string of the molecule is CC(C)(C)CC(CN)C(=O)N1CCCCC1(C)C(=O)O. The zero-order valence-corrected chi connectivity index (χ0v) is 13.1. The quantitative estimate of drug-likeness (QED) is 0.825. The van der Waals surface area contributed by atoms with Crippen LogP contribution in [0.3, 0.4) is 0 Å². The van der Waals surface area contributed by atoms with Crippen LogP contribution in [0, 0.1) is 11.3 Å². The van der Waals surface area contributed by atoms with Crippen molar-refractivity contribution in [2.45, 2.75) is 58.9 Å². The molecule has 20 heavy (non-hydrogen) atoms. The molecule has 116 valence electrons. The summed E-state index contributed by atoms with van der Waals surface area (Å²) in [7, 11) is 0. The normalized spacial score (nSPS) is 25.4. The molecule has 0 aliphatic carbocycles. The number of carboxylic acids is 1. The first-order valence-electron chi connectivity index (χ1n) is 7.37. The molecule has 1 aliphatic heterocycles. The summed E-state index contributed by atoms with van der Waals surface area (Å²) >= 11 is 0. The van der Waals surface area contributed by atoms with Crippen LogP contribution in [0.2, 0.25) is 0 Å². The van der Waals surface area contributed by atoms with Gasteiger partial charge in [0, 0.05) is 13.1 Å². The summed E-state index contributed by atoms with van der Waals surface area (Å²) in [6.07, 6.45) is 2.90. The van der Waals surface area contributed by atoms with E-state index < -0.39 is 11.5 Å². The van der Waals surface area contributed by atoms with Gasteiger partial charge in [-0.05, 0) is 38.0 Å². The second-order valence-electron chi connectivity index (χ2n) is 7.22. The fraction of sp³-hybridized carbons (Fsp3) is 0.867. The lowest BCUT2D eigenvalue weighted by atomic mass is 9.81. The Bertz CT molecular complexity index is 376. The van der Waals surface area contributed by atoms with Crippen LogP contribution >= 0.6 is 0 Å². The molecule has 0 saturated carbocycles. The van der Waals surface area contributed by atoms with Crippen LogP contribution in [0.25, 0.3) is 0 Å². The van der Waals surface area contributed by atoms with Gasteiger partial charge in [0.2, 0.25) is 5.91 Å². The third-order valence-electron chi connectivity index (χ3n) is 4.11. The fourth-order valence-corrected chi connectivity index (χ4v) is 2.93. The van der Waals surface area contributed by atoms with Crippen molar-refractivity contribution >= 4 is 11.9 Å². The van der Waals surface area contributed by atoms with Crippen LogP contribution in [-0.4, -0.2) is 40.5 Å². The number of nitrogens with two attached hydrogens (primary N) is 1. The van der Waals surface area contributed by atoms with Gasteiger partial charge in [0.25, 0.3) is 0 Å². The Morgan fingerprint density at radius 3 is 2.40 bits per heavy atom. The molecule has 5 heteroatoms. The third kappa shape index (κ3) is 3.72. The van der Waals surface area contributed by atoms with Crippen molar-refractivity contribution in [2.75, 3.05) is 13.1 Å². The molecular formula is C15H28N2O3. The summed E-state index contributed by atoms with van der Waals surface area (Å²) in [4.78, 5) is 25.8. The molecule has 0 radical (unpaired) electrons. The molecule has 1 aliphatic rings. The van der Waals surface area contributed by atoms with E-state index in [2.05, 4.69) is 20.8 Å². The molecule has 0 bridgehead atoms. The minimum absolute atomic E-state index is 0.00485. The highest BCUT2D eigenvalue weighted by Crippen LogP contribution is 2.32. The highest BCUT2D eigenvalue weighted by Gasteiger charge is 2.45. The lowest BCUT2D eigenvalue weighted by Crippen LogP contribution is -2.59. The van der Waals surface area contributed by atoms with Gasteiger partial charge in [0.05, 0.1) is 5.92 Å². The maximum absolute atomic E-state index is 12.7. The van der Waals surface area contributed by atoms with Gasteiger partial charge >= 0.3 is 5.97 Å². The molecule has 1 amide bonds. The predicted octanol–water partition coefficient (Wildman–Crippen LogP) is 1.85. The fourth-order valence-electron chi connectivity index (χ4n) is 2.93. The number of likely N-dealkylation sites (tertiary alicyclic amines) is 1. The predicted molar refractivity (Wildman–Crippen MR) is 78.2 cm³/mol. The molecule has 1 heterocycles. The minimum atomic E-state index is -1.08. The maximum Gasteiger partial charge on any atom is 0.329 e. The minimum Gasteiger partial charge on any atom is -0.480 e. The Hall–Kier alpha value is -1.10. The number of piperidine rings is 1. The van der Waals surface area contributed by atoms with E-state index in [1.165, 1.54) is 0 Å². The van der Waals surface area contributed by atoms with Crippen molar-refractivity contribution in [3.05, 3.63) is 0 Å². The monoisotopic (exact) mass is 284 g/mol. The van der Waals surface area contributed by atoms with Crippen molar-refractivity contribution < 1.29 is 14.7 Å². The average molecular weight is 284 g/mol. The number of nitrogens with zero attached hydrogens (tertiary/aromatic N) is 1. The smallest absolute Gasteiger partial charge is 0.329 e. The Morgan fingerprint density at radius 1 is 1.35 bits per heavy atom. The molecule has 3 N–H and O–H groups in total. The Labute approximate surface area is 121 Å². The summed E-state index contributed by atoms with van der Waals surface area (Å²) in [6, 6.07) is 0. The second-order valence-corrected chi connectivity index (χ2v) is 7.22. The van der Waals surface area contributed by atoms with Crippen LogP contribution in [-0.2, 0) is 9.59 Å². The number of rotatable bonds is 4. The summed E-state index contributed by atoms with van der Waals surface area (Å²) in [5, 5.41) is 9.48. The first-order chi connectivity index (χ1) is 9.12. The second kappa shape index (κ2) is 6.12. The van der Waals surface area contributed by atoms with Crippen LogP contribution in [0.15, 0.2) is 0 Å². The van der Waals surface area contributed by atoms with Crippen LogP contribution in [0.4, 0.5) is 0 Å². The number of hydrogen-bond acceptors (Lipinski definition) is 3. The summed E-state index contributed by atoms with van der Waals surface area (Å²) in [5.41, 5.74) is 4.67. The van der Waals surface area contributed by atoms with Crippen molar-refractivity contribution in [2.24, 2.45) is 17.1 Å². The van der Waals surface area contributed by atoms with Gasteiger partial charge < -0.3 is 15.7 Å². The molecule has 0 aromatic carbocycles. The molecule has 0 spiro atoms. The maximum atomic E-state index is 12.7. The van der Waals surface area contributed by atoms with Crippen LogP contribution < -0.4 is 5.73 Å². The molecule has 0 aromatic heterocycles. The molecule has 2 atom stereocenters. The molecule has 2 unspecified atom stereocenters. The molecule has 1 saturated heterocycles. The van der Waals surface area contributed by atoms with Crippen molar-refractivity contribution in [3.8, 4) is 0 Å². The Balaban J connectivity index is 2.94. The zero-order valence-electron chi connectivity index (χ0n) is 13.1. The van der Waals surface area contributed by atoms with Crippen molar-refractivity contribution in [3.63, 3.8) is 0 Å². The van der Waals surface area contributed by atoms with E-state index in [0.717, 1.165) is 12.8 Å². The number of aliphatic carboxylic acids is 1. The van der Waals surface area contributed by atoms with Crippen LogP contribution in [0.1, 0.15) is 53.4 Å². The lowest BCUT2D eigenvalue weighted by Gasteiger charge is -2.43. The van der Waals surface area contributed by atoms with Gasteiger partial charge in [0.1, 0.15) is 5.54 Å². The number of amides is 1. The van der Waals surface area contributed by atoms with Gasteiger partial charge in [-0.3, -0.25) is 4.79 Å². The van der Waals surface area contributed by atoms with Crippen LogP contribution in [0.5, 0.6) is 0 Å². The number of hydrogen-bond donors (Lipinski definition) is 2. The largest absolute Gasteiger partial charge is 0.480 e. The zero-order chi connectivity index (χ0) is 15.6. The standard InChI is InChI=1S/C15H28N2O3/c1-14(2,3)9-11(10-16)12(18)17-8-6-5-7-15(17,4)13(19)20/h11H,5-10,16H2,1-4H3,(H,19,20). The van der Waals surface area contributed by atoms with E-state index in [4.69, 9.17) is 5.73 Å². The highest BCUT2D eigenvalue weighted by atomic mass is 16.4. The number of carbonyl (C=O) groups excluding carboxylic acids is 1. The summed E-state index contributed by atoms with van der Waals surface area (Å²) < 4.78 is 0. The Kier molecular flexibility index (Phi) is 5.19. The van der Waals surface area contributed by atoms with E-state index in [1.54, 1.807) is 11.8 Å². The van der Waals surface area contributed by atoms with Gasteiger partial charge in [-0.1, -0.05) is 20.8 Å². The third-order valence-corrected chi connectivity index (χ3v) is 4.11. The number of carboxylic acid groups (broad SMARTS) is 1.